The summed E-state index contributed by atoms with van der Waals surface area (Å²) in [7, 11) is 0. The number of nitrogens with zero attached hydrogens (tertiary/aromatic N) is 1. The topological polar surface area (TPSA) is 3.24 Å². The first-order chi connectivity index (χ1) is 27.4. The molecule has 3 aliphatic carbocycles. The van der Waals surface area contributed by atoms with Crippen LogP contribution in [0.3, 0.4) is 0 Å². The first-order valence-corrected chi connectivity index (χ1v) is 19.8. The molecule has 0 unspecified atom stereocenters. The maximum absolute atomic E-state index is 2.48. The normalized spacial score (nSPS) is 14.6. The molecule has 3 aliphatic rings. The van der Waals surface area contributed by atoms with E-state index >= 15 is 0 Å². The molecule has 56 heavy (non-hydrogen) atoms. The summed E-state index contributed by atoms with van der Waals surface area (Å²) >= 11 is 0. The molecule has 0 amide bonds. The summed E-state index contributed by atoms with van der Waals surface area (Å²) in [4.78, 5) is 2.45. The van der Waals surface area contributed by atoms with Crippen LogP contribution in [0.1, 0.15) is 52.8 Å². The molecule has 264 valence electrons. The molecule has 12 rings (SSSR count). The fraction of sp³-hybridized carbons (Fsp3) is 0.0909. The lowest BCUT2D eigenvalue weighted by Crippen LogP contribution is -2.43. The summed E-state index contributed by atoms with van der Waals surface area (Å²) < 4.78 is 0. The first-order valence-electron chi connectivity index (χ1n) is 19.8. The Kier molecular flexibility index (Phi) is 6.32. The lowest BCUT2D eigenvalue weighted by Gasteiger charge is -2.52. The van der Waals surface area contributed by atoms with E-state index in [-0.39, 0.29) is 10.8 Å². The van der Waals surface area contributed by atoms with Crippen molar-refractivity contribution >= 4 is 38.6 Å². The van der Waals surface area contributed by atoms with E-state index in [1.807, 2.05) is 0 Å². The van der Waals surface area contributed by atoms with Gasteiger partial charge >= 0.3 is 0 Å². The molecule has 1 spiro atoms. The predicted octanol–water partition coefficient (Wildman–Crippen LogP) is 14.4. The third kappa shape index (κ3) is 4.10. The van der Waals surface area contributed by atoms with Gasteiger partial charge in [0.15, 0.2) is 0 Å². The largest absolute Gasteiger partial charge is 0.310 e. The lowest BCUT2D eigenvalue weighted by molar-refractivity contribution is 0.660. The van der Waals surface area contributed by atoms with Crippen LogP contribution in [0.5, 0.6) is 0 Å². The molecule has 0 saturated heterocycles. The molecule has 0 radical (unpaired) electrons. The lowest BCUT2D eigenvalue weighted by atomic mass is 9.49. The molecule has 0 heterocycles. The van der Waals surface area contributed by atoms with Gasteiger partial charge < -0.3 is 4.90 Å². The first kappa shape index (κ1) is 31.6. The van der Waals surface area contributed by atoms with Crippen molar-refractivity contribution in [2.45, 2.75) is 31.6 Å². The van der Waals surface area contributed by atoms with Crippen LogP contribution in [-0.4, -0.2) is 0 Å². The summed E-state index contributed by atoms with van der Waals surface area (Å²) in [6.07, 6.45) is 0. The fourth-order valence-corrected chi connectivity index (χ4v) is 10.6. The molecular formula is C55H39N. The fourth-order valence-electron chi connectivity index (χ4n) is 10.6. The highest BCUT2D eigenvalue weighted by atomic mass is 15.1. The van der Waals surface area contributed by atoms with Gasteiger partial charge in [0.1, 0.15) is 0 Å². The molecule has 1 nitrogen and oxygen atoms in total. The number of fused-ring (bicyclic) bond motifs is 7. The Bertz CT molecular complexity index is 3070. The minimum Gasteiger partial charge on any atom is -0.310 e. The Labute approximate surface area is 328 Å². The molecule has 0 N–H and O–H groups in total. The van der Waals surface area contributed by atoms with Gasteiger partial charge in [-0.25, -0.2) is 0 Å². The van der Waals surface area contributed by atoms with Crippen molar-refractivity contribution in [3.63, 3.8) is 0 Å². The smallest absolute Gasteiger partial charge is 0.0726 e. The van der Waals surface area contributed by atoms with Crippen LogP contribution in [0, 0.1) is 6.92 Å². The van der Waals surface area contributed by atoms with Gasteiger partial charge in [0.05, 0.1) is 5.41 Å². The molecule has 0 fully saturated rings. The van der Waals surface area contributed by atoms with E-state index in [0.29, 0.717) is 0 Å². The van der Waals surface area contributed by atoms with Gasteiger partial charge in [0, 0.05) is 22.5 Å². The number of hydrogen-bond acceptors (Lipinski definition) is 1. The highest BCUT2D eigenvalue weighted by molar-refractivity contribution is 6.12. The highest BCUT2D eigenvalue weighted by Gasteiger charge is 2.54. The number of hydrogen-bond donors (Lipinski definition) is 0. The second-order valence-electron chi connectivity index (χ2n) is 16.6. The minimum absolute atomic E-state index is 0.0359. The second-order valence-corrected chi connectivity index (χ2v) is 16.6. The van der Waals surface area contributed by atoms with E-state index in [1.165, 1.54) is 99.6 Å². The Morgan fingerprint density at radius 2 is 0.893 bits per heavy atom. The van der Waals surface area contributed by atoms with Crippen molar-refractivity contribution in [3.05, 3.63) is 221 Å². The average Bonchev–Trinajstić information content (AvgIpc) is 3.46. The van der Waals surface area contributed by atoms with Crippen LogP contribution in [0.2, 0.25) is 0 Å². The van der Waals surface area contributed by atoms with E-state index in [0.717, 1.165) is 11.4 Å². The van der Waals surface area contributed by atoms with Crippen molar-refractivity contribution in [1.29, 1.82) is 0 Å². The van der Waals surface area contributed by atoms with Crippen LogP contribution in [0.25, 0.3) is 54.9 Å². The van der Waals surface area contributed by atoms with Crippen molar-refractivity contribution in [1.82, 2.24) is 0 Å². The Morgan fingerprint density at radius 3 is 1.55 bits per heavy atom. The zero-order valence-electron chi connectivity index (χ0n) is 31.8. The molecular weight excluding hydrogens is 675 g/mol. The predicted molar refractivity (Wildman–Crippen MR) is 235 cm³/mol. The van der Waals surface area contributed by atoms with E-state index in [2.05, 4.69) is 208 Å². The molecule has 0 aromatic heterocycles. The van der Waals surface area contributed by atoms with E-state index in [4.69, 9.17) is 0 Å². The summed E-state index contributed by atoms with van der Waals surface area (Å²) in [6.45, 7) is 6.87. The molecule has 0 atom stereocenters. The van der Waals surface area contributed by atoms with Crippen molar-refractivity contribution in [2.24, 2.45) is 0 Å². The van der Waals surface area contributed by atoms with Crippen LogP contribution in [-0.2, 0) is 10.8 Å². The van der Waals surface area contributed by atoms with Gasteiger partial charge in [0.2, 0.25) is 0 Å². The van der Waals surface area contributed by atoms with Crippen molar-refractivity contribution in [2.75, 3.05) is 4.90 Å². The summed E-state index contributed by atoms with van der Waals surface area (Å²) in [5.74, 6) is 0. The molecule has 1 heteroatoms. The van der Waals surface area contributed by atoms with Gasteiger partial charge in [-0.3, -0.25) is 0 Å². The van der Waals surface area contributed by atoms with Crippen molar-refractivity contribution in [3.8, 4) is 33.4 Å². The molecule has 0 saturated carbocycles. The minimum atomic E-state index is -0.188. The second kappa shape index (κ2) is 11.2. The molecule has 9 aromatic rings. The Hall–Kier alpha value is -6.70. The highest BCUT2D eigenvalue weighted by Crippen LogP contribution is 2.65. The summed E-state index contributed by atoms with van der Waals surface area (Å²) in [5.41, 5.74) is 20.6. The molecule has 9 aromatic carbocycles. The SMILES string of the molecule is Cc1cccc(-c2ccc(N(c3ccc(-c4ccc5c(c4)C(C)(C)c4ccccc4-5)cc3)c3cc4c5c(cccc5c3)C43c4cccc5cccc3c45)cc2)c1. The third-order valence-corrected chi connectivity index (χ3v) is 13.3. The van der Waals surface area contributed by atoms with Gasteiger partial charge in [-0.1, -0.05) is 159 Å². The van der Waals surface area contributed by atoms with Gasteiger partial charge in [-0.2, -0.15) is 0 Å². The number of aryl methyl sites for hydroxylation is 1. The standard InChI is InChI=1S/C55H39N/c1-34-10-6-13-38(30-34)35-20-25-41(26-21-35)56(42-27-22-36(23-28-42)39-24-29-45-44-15-4-5-16-46(44)54(2,3)50(45)32-39)43-31-40-14-9-19-49-53(40)51(33-43)55(49)47-17-7-11-37-12-8-18-48(55)52(37)47/h4-33H,1-3H3. The summed E-state index contributed by atoms with van der Waals surface area (Å²) in [5, 5.41) is 5.43. The monoisotopic (exact) mass is 713 g/mol. The maximum atomic E-state index is 2.48. The zero-order chi connectivity index (χ0) is 37.3. The van der Waals surface area contributed by atoms with Gasteiger partial charge in [-0.15, -0.1) is 0 Å². The third-order valence-electron chi connectivity index (χ3n) is 13.3. The zero-order valence-corrected chi connectivity index (χ0v) is 31.8. The maximum Gasteiger partial charge on any atom is 0.0726 e. The van der Waals surface area contributed by atoms with Crippen LogP contribution in [0.4, 0.5) is 17.1 Å². The van der Waals surface area contributed by atoms with E-state index in [1.54, 1.807) is 0 Å². The quantitative estimate of drug-likeness (QED) is 0.172. The van der Waals surface area contributed by atoms with Crippen LogP contribution in [0.15, 0.2) is 182 Å². The van der Waals surface area contributed by atoms with Crippen LogP contribution >= 0.6 is 0 Å². The van der Waals surface area contributed by atoms with Crippen molar-refractivity contribution < 1.29 is 0 Å². The average molecular weight is 714 g/mol. The van der Waals surface area contributed by atoms with Crippen LogP contribution < -0.4 is 4.90 Å². The van der Waals surface area contributed by atoms with E-state index < -0.39 is 0 Å². The van der Waals surface area contributed by atoms with E-state index in [9.17, 15) is 0 Å². The number of rotatable bonds is 5. The Balaban J connectivity index is 0.995. The number of anilines is 3. The molecule has 0 bridgehead atoms. The number of benzene rings is 9. The Morgan fingerprint density at radius 1 is 0.357 bits per heavy atom. The van der Waals surface area contributed by atoms with Gasteiger partial charge in [0.25, 0.3) is 0 Å². The van der Waals surface area contributed by atoms with Gasteiger partial charge in [-0.05, 0) is 138 Å². The summed E-state index contributed by atoms with van der Waals surface area (Å²) in [6, 6.07) is 68.4. The molecule has 0 aliphatic heterocycles.